The molecule has 0 aliphatic carbocycles. The lowest BCUT2D eigenvalue weighted by molar-refractivity contribution is 0.0466. The Kier molecular flexibility index (Phi) is 5.23. The molecular formula is C13H19FN2O3. The van der Waals surface area contributed by atoms with Crippen LogP contribution in [0.15, 0.2) is 18.3 Å². The molecule has 5 nitrogen and oxygen atoms in total. The highest BCUT2D eigenvalue weighted by molar-refractivity contribution is 5.68. The first-order valence-electron chi connectivity index (χ1n) is 5.92. The van der Waals surface area contributed by atoms with E-state index in [1.54, 1.807) is 20.8 Å². The van der Waals surface area contributed by atoms with Gasteiger partial charge in [-0.3, -0.25) is 4.98 Å². The second kappa shape index (κ2) is 6.47. The van der Waals surface area contributed by atoms with Crippen LogP contribution in [0.1, 0.15) is 32.5 Å². The summed E-state index contributed by atoms with van der Waals surface area (Å²) in [6.45, 7) is 5.54. The van der Waals surface area contributed by atoms with Gasteiger partial charge in [0.1, 0.15) is 11.4 Å². The number of rotatable bonds is 4. The highest BCUT2D eigenvalue weighted by Crippen LogP contribution is 2.13. The molecule has 1 N–H and O–H groups in total. The molecule has 1 heterocycles. The lowest BCUT2D eigenvalue weighted by Gasteiger charge is -2.23. The standard InChI is InChI=1S/C13H19FN2O3/c1-13(2,3)19-12(17)16-11(8-18-4)10-6-5-9(14)7-15-10/h5-7,11H,8H2,1-4H3,(H,16,17). The average molecular weight is 270 g/mol. The topological polar surface area (TPSA) is 60.5 Å². The summed E-state index contributed by atoms with van der Waals surface area (Å²) in [7, 11) is 1.51. The molecule has 1 aromatic heterocycles. The number of alkyl carbamates (subject to hydrolysis) is 1. The molecule has 1 unspecified atom stereocenters. The summed E-state index contributed by atoms with van der Waals surface area (Å²) in [6, 6.07) is 2.29. The summed E-state index contributed by atoms with van der Waals surface area (Å²) < 4.78 is 23.0. The molecule has 0 bridgehead atoms. The lowest BCUT2D eigenvalue weighted by Crippen LogP contribution is -2.36. The maximum Gasteiger partial charge on any atom is 0.408 e. The Balaban J connectivity index is 2.73. The number of halogens is 1. The maximum atomic E-state index is 12.8. The molecule has 1 atom stereocenters. The van der Waals surface area contributed by atoms with E-state index in [-0.39, 0.29) is 6.61 Å². The molecule has 0 aliphatic rings. The third-order valence-corrected chi connectivity index (χ3v) is 2.13. The van der Waals surface area contributed by atoms with Crippen molar-refractivity contribution in [2.75, 3.05) is 13.7 Å². The first-order chi connectivity index (χ1) is 8.81. The van der Waals surface area contributed by atoms with Gasteiger partial charge in [0.15, 0.2) is 0 Å². The Bertz CT molecular complexity index is 415. The van der Waals surface area contributed by atoms with E-state index in [2.05, 4.69) is 10.3 Å². The summed E-state index contributed by atoms with van der Waals surface area (Å²) in [5.74, 6) is -0.433. The predicted molar refractivity (Wildman–Crippen MR) is 68.2 cm³/mol. The molecule has 1 rings (SSSR count). The number of carbonyl (C=O) groups is 1. The third kappa shape index (κ3) is 5.65. The molecule has 0 saturated heterocycles. The molecule has 0 aliphatic heterocycles. The van der Waals surface area contributed by atoms with Gasteiger partial charge in [-0.1, -0.05) is 0 Å². The molecule has 0 aromatic carbocycles. The Morgan fingerprint density at radius 2 is 2.16 bits per heavy atom. The van der Waals surface area contributed by atoms with Gasteiger partial charge in [-0.25, -0.2) is 9.18 Å². The van der Waals surface area contributed by atoms with Crippen molar-refractivity contribution in [2.45, 2.75) is 32.4 Å². The van der Waals surface area contributed by atoms with Crippen molar-refractivity contribution in [3.8, 4) is 0 Å². The Labute approximate surface area is 112 Å². The van der Waals surface area contributed by atoms with Gasteiger partial charge in [0.05, 0.1) is 24.5 Å². The summed E-state index contributed by atoms with van der Waals surface area (Å²) in [5, 5.41) is 2.64. The smallest absolute Gasteiger partial charge is 0.408 e. The summed E-state index contributed by atoms with van der Waals surface area (Å²) in [4.78, 5) is 15.6. The van der Waals surface area contributed by atoms with E-state index in [1.807, 2.05) is 0 Å². The van der Waals surface area contributed by atoms with Crippen LogP contribution in [-0.2, 0) is 9.47 Å². The van der Waals surface area contributed by atoms with Gasteiger partial charge in [0.2, 0.25) is 0 Å². The van der Waals surface area contributed by atoms with Crippen LogP contribution in [0.25, 0.3) is 0 Å². The Hall–Kier alpha value is -1.69. The van der Waals surface area contributed by atoms with Crippen LogP contribution in [0.3, 0.4) is 0 Å². The zero-order valence-corrected chi connectivity index (χ0v) is 11.6. The normalized spacial score (nSPS) is 12.9. The molecule has 0 spiro atoms. The fraction of sp³-hybridized carbons (Fsp3) is 0.538. The molecule has 106 valence electrons. The molecule has 19 heavy (non-hydrogen) atoms. The number of hydrogen-bond donors (Lipinski definition) is 1. The molecule has 1 amide bonds. The van der Waals surface area contributed by atoms with E-state index in [1.165, 1.54) is 19.2 Å². The minimum atomic E-state index is -0.585. The number of aromatic nitrogens is 1. The largest absolute Gasteiger partial charge is 0.444 e. The van der Waals surface area contributed by atoms with Gasteiger partial charge in [0.25, 0.3) is 0 Å². The number of carbonyl (C=O) groups excluding carboxylic acids is 1. The lowest BCUT2D eigenvalue weighted by atomic mass is 10.2. The first kappa shape index (κ1) is 15.4. The van der Waals surface area contributed by atoms with Gasteiger partial charge in [-0.05, 0) is 32.9 Å². The average Bonchev–Trinajstić information content (AvgIpc) is 2.27. The highest BCUT2D eigenvalue weighted by atomic mass is 19.1. The number of methoxy groups -OCH3 is 1. The molecular weight excluding hydrogens is 251 g/mol. The number of nitrogens with zero attached hydrogens (tertiary/aromatic N) is 1. The van der Waals surface area contributed by atoms with Crippen LogP contribution >= 0.6 is 0 Å². The van der Waals surface area contributed by atoms with Crippen molar-refractivity contribution in [2.24, 2.45) is 0 Å². The molecule has 0 saturated carbocycles. The second-order valence-corrected chi connectivity index (χ2v) is 5.06. The summed E-state index contributed by atoms with van der Waals surface area (Å²) in [6.07, 6.45) is 0.523. The molecule has 6 heteroatoms. The van der Waals surface area contributed by atoms with E-state index >= 15 is 0 Å². The molecule has 1 aromatic rings. The van der Waals surface area contributed by atoms with Crippen molar-refractivity contribution < 1.29 is 18.7 Å². The van der Waals surface area contributed by atoms with E-state index in [9.17, 15) is 9.18 Å². The minimum absolute atomic E-state index is 0.220. The number of hydrogen-bond acceptors (Lipinski definition) is 4. The van der Waals surface area contributed by atoms with E-state index in [0.29, 0.717) is 5.69 Å². The van der Waals surface area contributed by atoms with Crippen LogP contribution in [0.5, 0.6) is 0 Å². The number of ether oxygens (including phenoxy) is 2. The fourth-order valence-corrected chi connectivity index (χ4v) is 1.41. The van der Waals surface area contributed by atoms with Crippen LogP contribution in [-0.4, -0.2) is 30.4 Å². The zero-order chi connectivity index (χ0) is 14.5. The fourth-order valence-electron chi connectivity index (χ4n) is 1.41. The van der Waals surface area contributed by atoms with Crippen molar-refractivity contribution >= 4 is 6.09 Å². The van der Waals surface area contributed by atoms with Crippen molar-refractivity contribution in [3.05, 3.63) is 29.8 Å². The molecule has 0 radical (unpaired) electrons. The van der Waals surface area contributed by atoms with Crippen LogP contribution < -0.4 is 5.32 Å². The van der Waals surface area contributed by atoms with E-state index < -0.39 is 23.6 Å². The number of pyridine rings is 1. The van der Waals surface area contributed by atoms with Gasteiger partial charge in [-0.2, -0.15) is 0 Å². The van der Waals surface area contributed by atoms with Gasteiger partial charge in [-0.15, -0.1) is 0 Å². The van der Waals surface area contributed by atoms with Crippen molar-refractivity contribution in [1.29, 1.82) is 0 Å². The number of amides is 1. The SMILES string of the molecule is COCC(NC(=O)OC(C)(C)C)c1ccc(F)cn1. The van der Waals surface area contributed by atoms with Crippen LogP contribution in [0.4, 0.5) is 9.18 Å². The van der Waals surface area contributed by atoms with Gasteiger partial charge in [0, 0.05) is 7.11 Å². The maximum absolute atomic E-state index is 12.8. The quantitative estimate of drug-likeness (QED) is 0.912. The predicted octanol–water partition coefficient (Wildman–Crippen LogP) is 2.43. The number of nitrogens with one attached hydrogen (secondary N) is 1. The highest BCUT2D eigenvalue weighted by Gasteiger charge is 2.21. The monoisotopic (exact) mass is 270 g/mol. The van der Waals surface area contributed by atoms with Crippen molar-refractivity contribution in [1.82, 2.24) is 10.3 Å². The van der Waals surface area contributed by atoms with E-state index in [0.717, 1.165) is 6.20 Å². The van der Waals surface area contributed by atoms with Gasteiger partial charge >= 0.3 is 6.09 Å². The second-order valence-electron chi connectivity index (χ2n) is 5.06. The minimum Gasteiger partial charge on any atom is -0.444 e. The Morgan fingerprint density at radius 3 is 2.63 bits per heavy atom. The Morgan fingerprint density at radius 1 is 1.47 bits per heavy atom. The third-order valence-electron chi connectivity index (χ3n) is 2.13. The first-order valence-corrected chi connectivity index (χ1v) is 5.92. The van der Waals surface area contributed by atoms with Crippen LogP contribution in [0, 0.1) is 5.82 Å². The summed E-state index contributed by atoms with van der Waals surface area (Å²) >= 11 is 0. The molecule has 0 fully saturated rings. The summed E-state index contributed by atoms with van der Waals surface area (Å²) in [5.41, 5.74) is -0.0770. The zero-order valence-electron chi connectivity index (χ0n) is 11.6. The van der Waals surface area contributed by atoms with Gasteiger partial charge < -0.3 is 14.8 Å². The van der Waals surface area contributed by atoms with E-state index in [4.69, 9.17) is 9.47 Å². The van der Waals surface area contributed by atoms with Crippen LogP contribution in [0.2, 0.25) is 0 Å². The van der Waals surface area contributed by atoms with Crippen molar-refractivity contribution in [3.63, 3.8) is 0 Å².